The summed E-state index contributed by atoms with van der Waals surface area (Å²) in [6.07, 6.45) is 0. The maximum atomic E-state index is 5.37. The molecule has 0 saturated carbocycles. The van der Waals surface area contributed by atoms with Gasteiger partial charge < -0.3 is 10.5 Å². The van der Waals surface area contributed by atoms with Crippen molar-refractivity contribution in [3.8, 4) is 5.88 Å². The minimum atomic E-state index is 0. The van der Waals surface area contributed by atoms with Crippen LogP contribution in [-0.4, -0.2) is 11.5 Å². The first-order valence-corrected chi connectivity index (χ1v) is 2.92. The van der Waals surface area contributed by atoms with E-state index in [9.17, 15) is 0 Å². The third kappa shape index (κ3) is 1.73. The number of nitrogen functional groups attached to an aromatic ring is 1. The highest BCUT2D eigenvalue weighted by Crippen LogP contribution is 2.19. The van der Waals surface area contributed by atoms with Crippen molar-refractivity contribution in [2.75, 3.05) is 12.8 Å². The molecular formula is C4H7ClN2OS. The van der Waals surface area contributed by atoms with Crippen molar-refractivity contribution in [1.82, 2.24) is 4.37 Å². The zero-order chi connectivity index (χ0) is 5.98. The van der Waals surface area contributed by atoms with Gasteiger partial charge in [0.25, 0.3) is 0 Å². The van der Waals surface area contributed by atoms with Gasteiger partial charge in [-0.1, -0.05) is 0 Å². The van der Waals surface area contributed by atoms with E-state index in [1.54, 1.807) is 12.5 Å². The Morgan fingerprint density at radius 2 is 2.44 bits per heavy atom. The second kappa shape index (κ2) is 3.53. The first-order chi connectivity index (χ1) is 3.84. The molecule has 5 heteroatoms. The van der Waals surface area contributed by atoms with Gasteiger partial charge >= 0.3 is 0 Å². The van der Waals surface area contributed by atoms with E-state index < -0.39 is 0 Å². The fourth-order valence-corrected chi connectivity index (χ4v) is 0.932. The molecule has 3 nitrogen and oxygen atoms in total. The van der Waals surface area contributed by atoms with Crippen molar-refractivity contribution in [2.24, 2.45) is 0 Å². The molecule has 2 N–H and O–H groups in total. The van der Waals surface area contributed by atoms with Crippen LogP contribution in [0.5, 0.6) is 5.88 Å². The van der Waals surface area contributed by atoms with Crippen molar-refractivity contribution in [3.05, 3.63) is 5.38 Å². The predicted octanol–water partition coefficient (Wildman–Crippen LogP) is 1.16. The van der Waals surface area contributed by atoms with E-state index in [0.29, 0.717) is 11.6 Å². The highest BCUT2D eigenvalue weighted by Gasteiger charge is 1.97. The molecular weight excluding hydrogens is 160 g/mol. The maximum absolute atomic E-state index is 5.37. The Balaban J connectivity index is 0.000000640. The summed E-state index contributed by atoms with van der Waals surface area (Å²) in [6, 6.07) is 0. The molecule has 0 saturated heterocycles. The number of hydrogen-bond donors (Lipinski definition) is 1. The van der Waals surface area contributed by atoms with Crippen LogP contribution >= 0.6 is 23.9 Å². The SMILES string of the molecule is COc1nscc1N.Cl. The summed E-state index contributed by atoms with van der Waals surface area (Å²) in [7, 11) is 1.55. The van der Waals surface area contributed by atoms with Gasteiger partial charge in [-0.15, -0.1) is 12.4 Å². The minimum Gasteiger partial charge on any atom is -0.479 e. The number of nitrogens with two attached hydrogens (primary N) is 1. The molecule has 0 aliphatic rings. The quantitative estimate of drug-likeness (QED) is 0.681. The lowest BCUT2D eigenvalue weighted by Gasteiger charge is -1.90. The molecule has 1 rings (SSSR count). The molecule has 0 amide bonds. The van der Waals surface area contributed by atoms with Crippen molar-refractivity contribution < 1.29 is 4.74 Å². The smallest absolute Gasteiger partial charge is 0.248 e. The zero-order valence-electron chi connectivity index (χ0n) is 4.83. The second-order valence-corrected chi connectivity index (χ2v) is 1.91. The third-order valence-electron chi connectivity index (χ3n) is 0.756. The molecule has 0 aliphatic carbocycles. The summed E-state index contributed by atoms with van der Waals surface area (Å²) in [5, 5.41) is 1.73. The molecule has 0 spiro atoms. The van der Waals surface area contributed by atoms with Crippen LogP contribution in [0.3, 0.4) is 0 Å². The molecule has 9 heavy (non-hydrogen) atoms. The predicted molar refractivity (Wildman–Crippen MR) is 40.3 cm³/mol. The van der Waals surface area contributed by atoms with Crippen LogP contribution < -0.4 is 10.5 Å². The Kier molecular flexibility index (Phi) is 3.34. The lowest BCUT2D eigenvalue weighted by atomic mass is 10.6. The van der Waals surface area contributed by atoms with E-state index in [2.05, 4.69) is 4.37 Å². The monoisotopic (exact) mass is 166 g/mol. The Bertz CT molecular complexity index is 179. The van der Waals surface area contributed by atoms with Gasteiger partial charge in [0.15, 0.2) is 0 Å². The van der Waals surface area contributed by atoms with Gasteiger partial charge in [-0.2, -0.15) is 4.37 Å². The van der Waals surface area contributed by atoms with Crippen LogP contribution in [0, 0.1) is 0 Å². The Hall–Kier alpha value is -0.480. The molecule has 0 fully saturated rings. The number of aromatic nitrogens is 1. The van der Waals surface area contributed by atoms with Gasteiger partial charge in [-0.25, -0.2) is 0 Å². The third-order valence-corrected chi connectivity index (χ3v) is 1.39. The first-order valence-electron chi connectivity index (χ1n) is 2.08. The first kappa shape index (κ1) is 8.52. The van der Waals surface area contributed by atoms with Crippen LogP contribution in [0.25, 0.3) is 0 Å². The molecule has 0 aliphatic heterocycles. The molecule has 52 valence electrons. The van der Waals surface area contributed by atoms with Gasteiger partial charge in [0.2, 0.25) is 5.88 Å². The van der Waals surface area contributed by atoms with E-state index in [0.717, 1.165) is 0 Å². The molecule has 0 radical (unpaired) electrons. The molecule has 1 heterocycles. The summed E-state index contributed by atoms with van der Waals surface area (Å²) >= 11 is 1.29. The summed E-state index contributed by atoms with van der Waals surface area (Å²) < 4.78 is 8.59. The summed E-state index contributed by atoms with van der Waals surface area (Å²) in [5.74, 6) is 0.523. The Labute approximate surface area is 63.4 Å². The number of ether oxygens (including phenoxy) is 1. The number of methoxy groups -OCH3 is 1. The van der Waals surface area contributed by atoms with Gasteiger partial charge in [0.05, 0.1) is 7.11 Å². The highest BCUT2D eigenvalue weighted by atomic mass is 35.5. The number of rotatable bonds is 1. The fourth-order valence-electron chi connectivity index (χ4n) is 0.389. The van der Waals surface area contributed by atoms with Gasteiger partial charge in [-0.05, 0) is 11.5 Å². The Morgan fingerprint density at radius 3 is 2.67 bits per heavy atom. The number of nitrogens with zero attached hydrogens (tertiary/aromatic N) is 1. The lowest BCUT2D eigenvalue weighted by Crippen LogP contribution is -1.87. The topological polar surface area (TPSA) is 48.1 Å². The normalized spacial score (nSPS) is 8.11. The van der Waals surface area contributed by atoms with E-state index in [4.69, 9.17) is 10.5 Å². The second-order valence-electron chi connectivity index (χ2n) is 1.28. The van der Waals surface area contributed by atoms with Crippen molar-refractivity contribution in [2.45, 2.75) is 0 Å². The standard InChI is InChI=1S/C4H6N2OS.ClH/c1-7-4-3(5)2-8-6-4;/h2H,5H2,1H3;1H. The summed E-state index contributed by atoms with van der Waals surface area (Å²) in [6.45, 7) is 0. The van der Waals surface area contributed by atoms with Crippen LogP contribution in [0.4, 0.5) is 5.69 Å². The van der Waals surface area contributed by atoms with Crippen molar-refractivity contribution in [3.63, 3.8) is 0 Å². The highest BCUT2D eigenvalue weighted by molar-refractivity contribution is 7.04. The molecule has 1 aromatic rings. The van der Waals surface area contributed by atoms with Gasteiger partial charge in [0, 0.05) is 5.38 Å². The lowest BCUT2D eigenvalue weighted by molar-refractivity contribution is 0.405. The minimum absolute atomic E-state index is 0. The number of halogens is 1. The summed E-state index contributed by atoms with van der Waals surface area (Å²) in [5.41, 5.74) is 5.98. The van der Waals surface area contributed by atoms with Crippen molar-refractivity contribution >= 4 is 29.6 Å². The average Bonchev–Trinajstić information content (AvgIpc) is 2.14. The van der Waals surface area contributed by atoms with E-state index in [1.165, 1.54) is 11.5 Å². The van der Waals surface area contributed by atoms with Crippen LogP contribution in [0.15, 0.2) is 5.38 Å². The van der Waals surface area contributed by atoms with E-state index >= 15 is 0 Å². The van der Waals surface area contributed by atoms with E-state index in [1.807, 2.05) is 0 Å². The fraction of sp³-hybridized carbons (Fsp3) is 0.250. The van der Waals surface area contributed by atoms with Crippen molar-refractivity contribution in [1.29, 1.82) is 0 Å². The van der Waals surface area contributed by atoms with Crippen LogP contribution in [0.2, 0.25) is 0 Å². The molecule has 1 aromatic heterocycles. The zero-order valence-corrected chi connectivity index (χ0v) is 6.46. The molecule has 0 unspecified atom stereocenters. The molecule has 0 aromatic carbocycles. The van der Waals surface area contributed by atoms with Gasteiger partial charge in [-0.3, -0.25) is 0 Å². The van der Waals surface area contributed by atoms with Crippen LogP contribution in [-0.2, 0) is 0 Å². The number of anilines is 1. The maximum Gasteiger partial charge on any atom is 0.248 e. The largest absolute Gasteiger partial charge is 0.479 e. The Morgan fingerprint density at radius 1 is 1.78 bits per heavy atom. The van der Waals surface area contributed by atoms with Gasteiger partial charge in [0.1, 0.15) is 5.69 Å². The average molecular weight is 167 g/mol. The van der Waals surface area contributed by atoms with Crippen LogP contribution in [0.1, 0.15) is 0 Å². The summed E-state index contributed by atoms with van der Waals surface area (Å²) in [4.78, 5) is 0. The molecule has 0 atom stereocenters. The number of hydrogen-bond acceptors (Lipinski definition) is 4. The van der Waals surface area contributed by atoms with E-state index in [-0.39, 0.29) is 12.4 Å². The molecule has 0 bridgehead atoms.